The van der Waals surface area contributed by atoms with Crippen LogP contribution in [0.3, 0.4) is 0 Å². The van der Waals surface area contributed by atoms with Gasteiger partial charge in [-0.25, -0.2) is 0 Å². The number of nitrogen functional groups attached to an aromatic ring is 1. The Balaban J connectivity index is 2.02. The van der Waals surface area contributed by atoms with Gasteiger partial charge in [-0.1, -0.05) is 103 Å². The van der Waals surface area contributed by atoms with E-state index in [4.69, 9.17) is 5.73 Å². The van der Waals surface area contributed by atoms with Crippen LogP contribution in [-0.2, 0) is 0 Å². The molecule has 0 fully saturated rings. The molecule has 3 N–H and O–H groups in total. The van der Waals surface area contributed by atoms with E-state index in [1.54, 1.807) is 0 Å². The van der Waals surface area contributed by atoms with Crippen molar-refractivity contribution < 1.29 is 0 Å². The highest BCUT2D eigenvalue weighted by molar-refractivity contribution is 5.57. The zero-order valence-corrected chi connectivity index (χ0v) is 20.0. The summed E-state index contributed by atoms with van der Waals surface area (Å²) in [5.74, 6) is 0.303. The quantitative estimate of drug-likeness (QED) is 0.172. The molecule has 0 saturated carbocycles. The van der Waals surface area contributed by atoms with Crippen LogP contribution in [0.25, 0.3) is 0 Å². The fourth-order valence-electron chi connectivity index (χ4n) is 3.97. The summed E-state index contributed by atoms with van der Waals surface area (Å²) in [7, 11) is 0. The summed E-state index contributed by atoms with van der Waals surface area (Å²) in [4.78, 5) is 31.2. The van der Waals surface area contributed by atoms with Crippen LogP contribution in [0.4, 0.5) is 17.5 Å². The van der Waals surface area contributed by atoms with Crippen molar-refractivity contribution in [2.75, 3.05) is 23.7 Å². The van der Waals surface area contributed by atoms with Crippen molar-refractivity contribution in [3.8, 4) is 0 Å². The Morgan fingerprint density at radius 1 is 0.806 bits per heavy atom. The van der Waals surface area contributed by atoms with Gasteiger partial charge >= 0.3 is 0 Å². The molecule has 0 amide bonds. The molecule has 7 nitrogen and oxygen atoms in total. The van der Waals surface area contributed by atoms with Crippen LogP contribution in [0, 0.1) is 4.91 Å². The van der Waals surface area contributed by atoms with E-state index in [1.165, 1.54) is 96.3 Å². The average Bonchev–Trinajstić information content (AvgIpc) is 2.76. The SMILES string of the molecule is CCCCCCCCCCCCCCCCCCN(CC)c1nc(N)c(N=O)c(=O)[nH]1. The normalized spacial score (nSPS) is 11.0. The monoisotopic (exact) mass is 435 g/mol. The maximum atomic E-state index is 11.8. The van der Waals surface area contributed by atoms with E-state index in [9.17, 15) is 9.70 Å². The van der Waals surface area contributed by atoms with E-state index in [0.717, 1.165) is 19.5 Å². The first-order chi connectivity index (χ1) is 15.1. The van der Waals surface area contributed by atoms with Crippen LogP contribution < -0.4 is 16.2 Å². The van der Waals surface area contributed by atoms with Crippen molar-refractivity contribution in [3.05, 3.63) is 15.3 Å². The van der Waals surface area contributed by atoms with Crippen molar-refractivity contribution >= 4 is 17.5 Å². The van der Waals surface area contributed by atoms with E-state index < -0.39 is 5.56 Å². The Morgan fingerprint density at radius 2 is 1.26 bits per heavy atom. The number of nitrogens with zero attached hydrogens (tertiary/aromatic N) is 3. The molecule has 0 aliphatic heterocycles. The fraction of sp³-hybridized carbons (Fsp3) is 0.833. The molecular weight excluding hydrogens is 390 g/mol. The molecule has 0 unspecified atom stereocenters. The Morgan fingerprint density at radius 3 is 1.65 bits per heavy atom. The van der Waals surface area contributed by atoms with E-state index in [0.29, 0.717) is 5.95 Å². The minimum absolute atomic E-state index is 0.112. The molecular formula is C24H45N5O2. The minimum Gasteiger partial charge on any atom is -0.382 e. The van der Waals surface area contributed by atoms with E-state index >= 15 is 0 Å². The fourth-order valence-corrected chi connectivity index (χ4v) is 3.97. The molecule has 1 heterocycles. The maximum absolute atomic E-state index is 11.8. The van der Waals surface area contributed by atoms with Gasteiger partial charge in [-0.05, 0) is 18.5 Å². The summed E-state index contributed by atoms with van der Waals surface area (Å²) in [5, 5.41) is 2.64. The Bertz CT molecular complexity index is 647. The first-order valence-electron chi connectivity index (χ1n) is 12.6. The molecule has 0 spiro atoms. The van der Waals surface area contributed by atoms with Gasteiger partial charge in [-0.3, -0.25) is 9.78 Å². The Kier molecular flexibility index (Phi) is 15.5. The number of unbranched alkanes of at least 4 members (excludes halogenated alkanes) is 15. The van der Waals surface area contributed by atoms with Crippen molar-refractivity contribution in [1.29, 1.82) is 0 Å². The zero-order valence-electron chi connectivity index (χ0n) is 20.0. The highest BCUT2D eigenvalue weighted by Crippen LogP contribution is 2.17. The third kappa shape index (κ3) is 11.9. The average molecular weight is 436 g/mol. The highest BCUT2D eigenvalue weighted by atomic mass is 16.3. The van der Waals surface area contributed by atoms with Crippen molar-refractivity contribution in [3.63, 3.8) is 0 Å². The molecule has 1 rings (SSSR count). The van der Waals surface area contributed by atoms with Crippen LogP contribution in [0.5, 0.6) is 0 Å². The molecule has 178 valence electrons. The van der Waals surface area contributed by atoms with Crippen LogP contribution in [0.2, 0.25) is 0 Å². The topological polar surface area (TPSA) is 104 Å². The molecule has 0 saturated heterocycles. The van der Waals surface area contributed by atoms with Crippen LogP contribution in [0.1, 0.15) is 117 Å². The van der Waals surface area contributed by atoms with Crippen molar-refractivity contribution in [2.45, 2.75) is 117 Å². The first-order valence-corrected chi connectivity index (χ1v) is 12.6. The van der Waals surface area contributed by atoms with Gasteiger partial charge in [0.25, 0.3) is 5.56 Å². The second-order valence-electron chi connectivity index (χ2n) is 8.60. The molecule has 31 heavy (non-hydrogen) atoms. The lowest BCUT2D eigenvalue weighted by Gasteiger charge is -2.21. The maximum Gasteiger partial charge on any atom is 0.284 e. The number of nitrogens with two attached hydrogens (primary N) is 1. The molecule has 0 aliphatic carbocycles. The number of hydrogen-bond donors (Lipinski definition) is 2. The number of H-pyrrole nitrogens is 1. The van der Waals surface area contributed by atoms with Gasteiger partial charge in [0.2, 0.25) is 11.6 Å². The highest BCUT2D eigenvalue weighted by Gasteiger charge is 2.13. The van der Waals surface area contributed by atoms with Crippen LogP contribution in [0.15, 0.2) is 9.97 Å². The van der Waals surface area contributed by atoms with Gasteiger partial charge in [0.15, 0.2) is 5.82 Å². The number of anilines is 2. The van der Waals surface area contributed by atoms with Crippen LogP contribution in [-0.4, -0.2) is 23.1 Å². The number of aromatic amines is 1. The predicted octanol–water partition coefficient (Wildman–Crippen LogP) is 6.84. The third-order valence-electron chi connectivity index (χ3n) is 5.96. The Labute approximate surface area is 188 Å². The van der Waals surface area contributed by atoms with Gasteiger partial charge in [-0.2, -0.15) is 4.98 Å². The van der Waals surface area contributed by atoms with Crippen molar-refractivity contribution in [2.24, 2.45) is 5.18 Å². The summed E-state index contributed by atoms with van der Waals surface area (Å²) in [5.41, 5.74) is 4.74. The molecule has 0 aromatic carbocycles. The number of hydrogen-bond acceptors (Lipinski definition) is 6. The third-order valence-corrected chi connectivity index (χ3v) is 5.96. The predicted molar refractivity (Wildman–Crippen MR) is 132 cm³/mol. The summed E-state index contributed by atoms with van der Waals surface area (Å²) in [6.07, 6.45) is 21.5. The zero-order chi connectivity index (χ0) is 22.7. The first kappa shape index (κ1) is 27.1. The molecule has 7 heteroatoms. The van der Waals surface area contributed by atoms with Gasteiger partial charge < -0.3 is 10.6 Å². The lowest BCUT2D eigenvalue weighted by Crippen LogP contribution is -2.28. The van der Waals surface area contributed by atoms with Crippen LogP contribution >= 0.6 is 0 Å². The molecule has 0 atom stereocenters. The largest absolute Gasteiger partial charge is 0.382 e. The lowest BCUT2D eigenvalue weighted by atomic mass is 10.0. The van der Waals surface area contributed by atoms with E-state index in [1.807, 2.05) is 11.8 Å². The standard InChI is InChI=1S/C24H45N5O2/c1-3-5-6-7-8-9-10-11-12-13-14-15-16-17-18-19-20-29(4-2)24-26-22(25)21(28-31)23(30)27-24/h3-20H2,1-2H3,(H3,25,26,27,30). The van der Waals surface area contributed by atoms with E-state index in [-0.39, 0.29) is 11.5 Å². The second kappa shape index (κ2) is 17.7. The molecule has 0 radical (unpaired) electrons. The minimum atomic E-state index is -0.581. The molecule has 0 aliphatic rings. The van der Waals surface area contributed by atoms with E-state index in [2.05, 4.69) is 22.1 Å². The van der Waals surface area contributed by atoms with Gasteiger partial charge in [0.05, 0.1) is 0 Å². The number of aromatic nitrogens is 2. The van der Waals surface area contributed by atoms with Gasteiger partial charge in [0, 0.05) is 13.1 Å². The molecule has 1 aromatic heterocycles. The van der Waals surface area contributed by atoms with Crippen molar-refractivity contribution in [1.82, 2.24) is 9.97 Å². The second-order valence-corrected chi connectivity index (χ2v) is 8.60. The van der Waals surface area contributed by atoms with Gasteiger partial charge in [-0.15, -0.1) is 4.91 Å². The molecule has 1 aromatic rings. The number of nitrogens with one attached hydrogen (secondary N) is 1. The number of nitroso groups, excluding NO2 is 1. The summed E-state index contributed by atoms with van der Waals surface area (Å²) >= 11 is 0. The molecule has 0 bridgehead atoms. The van der Waals surface area contributed by atoms with Gasteiger partial charge in [0.1, 0.15) is 0 Å². The summed E-state index contributed by atoms with van der Waals surface area (Å²) < 4.78 is 0. The summed E-state index contributed by atoms with van der Waals surface area (Å²) in [6.45, 7) is 5.81. The lowest BCUT2D eigenvalue weighted by molar-refractivity contribution is 0.529. The smallest absolute Gasteiger partial charge is 0.284 e. The number of rotatable bonds is 20. The Hall–Kier alpha value is -1.92. The summed E-state index contributed by atoms with van der Waals surface area (Å²) in [6, 6.07) is 0.